The maximum absolute atomic E-state index is 6.19. The van der Waals surface area contributed by atoms with Crippen LogP contribution in [0.25, 0.3) is 0 Å². The Hall–Kier alpha value is -0.0400. The maximum atomic E-state index is 6.19. The van der Waals surface area contributed by atoms with Crippen molar-refractivity contribution in [3.05, 3.63) is 0 Å². The summed E-state index contributed by atoms with van der Waals surface area (Å²) in [6.07, 6.45) is 15.3. The van der Waals surface area contributed by atoms with Crippen LogP contribution in [-0.4, -0.2) is 6.04 Å². The summed E-state index contributed by atoms with van der Waals surface area (Å²) >= 11 is 0. The van der Waals surface area contributed by atoms with Gasteiger partial charge in [0.15, 0.2) is 0 Å². The van der Waals surface area contributed by atoms with E-state index >= 15 is 0 Å². The number of hydrogen-bond donors (Lipinski definition) is 1. The second-order valence-electron chi connectivity index (χ2n) is 6.02. The first-order chi connectivity index (χ1) is 7.69. The lowest BCUT2D eigenvalue weighted by molar-refractivity contribution is 0.394. The van der Waals surface area contributed by atoms with E-state index in [9.17, 15) is 0 Å². The fourth-order valence-corrected chi connectivity index (χ4v) is 2.41. The molecule has 2 N–H and O–H groups in total. The Bertz CT molecular complexity index is 172. The molecule has 1 heteroatoms. The summed E-state index contributed by atoms with van der Waals surface area (Å²) in [5.74, 6) is 0. The Morgan fingerprint density at radius 1 is 0.938 bits per heavy atom. The Morgan fingerprint density at radius 3 is 1.94 bits per heavy atom. The molecule has 0 saturated heterocycles. The minimum absolute atomic E-state index is 0.479. The van der Waals surface area contributed by atoms with E-state index in [1.54, 1.807) is 0 Å². The van der Waals surface area contributed by atoms with Crippen LogP contribution < -0.4 is 5.73 Å². The van der Waals surface area contributed by atoms with Crippen LogP contribution >= 0.6 is 0 Å². The van der Waals surface area contributed by atoms with Crippen LogP contribution in [0, 0.1) is 5.41 Å². The molecule has 0 bridgehead atoms. The van der Waals surface area contributed by atoms with Crippen molar-refractivity contribution in [3.63, 3.8) is 0 Å². The molecular weight excluding hydrogens is 194 g/mol. The van der Waals surface area contributed by atoms with Gasteiger partial charge in [-0.1, -0.05) is 65.2 Å². The van der Waals surface area contributed by atoms with E-state index in [2.05, 4.69) is 13.8 Å². The highest BCUT2D eigenvalue weighted by atomic mass is 14.7. The number of nitrogens with two attached hydrogens (primary N) is 1. The lowest BCUT2D eigenvalue weighted by atomic mass is 9.94. The molecule has 1 saturated carbocycles. The van der Waals surface area contributed by atoms with E-state index in [1.165, 1.54) is 70.6 Å². The fourth-order valence-electron chi connectivity index (χ4n) is 2.41. The van der Waals surface area contributed by atoms with Gasteiger partial charge in [0, 0.05) is 6.04 Å². The van der Waals surface area contributed by atoms with Crippen LogP contribution in [0.15, 0.2) is 0 Å². The van der Waals surface area contributed by atoms with Crippen molar-refractivity contribution >= 4 is 0 Å². The predicted molar refractivity (Wildman–Crippen MR) is 72.5 cm³/mol. The smallest absolute Gasteiger partial charge is 0.00929 e. The number of unbranched alkanes of at least 4 members (excludes halogenated alkanes) is 7. The standard InChI is InChI=1S/C15H31N/c1-3-4-5-6-7-8-9-10-11-14(16)15(2)12-13-15/h14H,3-13,16H2,1-2H3. The van der Waals surface area contributed by atoms with Crippen molar-refractivity contribution < 1.29 is 0 Å². The molecule has 1 fully saturated rings. The molecule has 0 spiro atoms. The normalized spacial score (nSPS) is 19.7. The van der Waals surface area contributed by atoms with Crippen LogP contribution in [-0.2, 0) is 0 Å². The molecule has 0 amide bonds. The lowest BCUT2D eigenvalue weighted by Gasteiger charge is -2.18. The Balaban J connectivity index is 1.81. The molecule has 0 heterocycles. The molecule has 96 valence electrons. The van der Waals surface area contributed by atoms with Gasteiger partial charge in [0.1, 0.15) is 0 Å². The molecule has 0 aliphatic heterocycles. The highest BCUT2D eigenvalue weighted by Gasteiger charge is 2.42. The van der Waals surface area contributed by atoms with Gasteiger partial charge in [0.05, 0.1) is 0 Å². The van der Waals surface area contributed by atoms with E-state index in [-0.39, 0.29) is 0 Å². The SMILES string of the molecule is CCCCCCCCCCC(N)C1(C)CC1. The Morgan fingerprint density at radius 2 is 1.44 bits per heavy atom. The third-order valence-corrected chi connectivity index (χ3v) is 4.30. The van der Waals surface area contributed by atoms with Crippen molar-refractivity contribution in [2.75, 3.05) is 0 Å². The van der Waals surface area contributed by atoms with Gasteiger partial charge >= 0.3 is 0 Å². The van der Waals surface area contributed by atoms with Gasteiger partial charge in [-0.15, -0.1) is 0 Å². The van der Waals surface area contributed by atoms with Crippen LogP contribution in [0.1, 0.15) is 84.5 Å². The third kappa shape index (κ3) is 5.34. The van der Waals surface area contributed by atoms with E-state index in [0.717, 1.165) is 0 Å². The number of rotatable bonds is 10. The summed E-state index contributed by atoms with van der Waals surface area (Å²) in [7, 11) is 0. The monoisotopic (exact) mass is 225 g/mol. The Labute approximate surface area is 102 Å². The molecule has 1 aliphatic rings. The lowest BCUT2D eigenvalue weighted by Crippen LogP contribution is -2.29. The summed E-state index contributed by atoms with van der Waals surface area (Å²) in [5, 5.41) is 0. The van der Waals surface area contributed by atoms with Crippen LogP contribution in [0.3, 0.4) is 0 Å². The molecule has 1 rings (SSSR count). The second-order valence-corrected chi connectivity index (χ2v) is 6.02. The summed E-state index contributed by atoms with van der Waals surface area (Å²) in [5.41, 5.74) is 6.72. The first-order valence-electron chi connectivity index (χ1n) is 7.44. The molecule has 1 unspecified atom stereocenters. The van der Waals surface area contributed by atoms with Gasteiger partial charge in [-0.2, -0.15) is 0 Å². The third-order valence-electron chi connectivity index (χ3n) is 4.30. The van der Waals surface area contributed by atoms with E-state index in [1.807, 2.05) is 0 Å². The molecule has 1 aliphatic carbocycles. The average molecular weight is 225 g/mol. The van der Waals surface area contributed by atoms with Gasteiger partial charge in [0.25, 0.3) is 0 Å². The second kappa shape index (κ2) is 7.32. The largest absolute Gasteiger partial charge is 0.327 e. The van der Waals surface area contributed by atoms with E-state index in [0.29, 0.717) is 11.5 Å². The van der Waals surface area contributed by atoms with Gasteiger partial charge in [0.2, 0.25) is 0 Å². The molecule has 1 atom stereocenters. The summed E-state index contributed by atoms with van der Waals surface area (Å²) in [6.45, 7) is 4.63. The van der Waals surface area contributed by atoms with E-state index < -0.39 is 0 Å². The molecule has 0 aromatic heterocycles. The fraction of sp³-hybridized carbons (Fsp3) is 1.00. The Kier molecular flexibility index (Phi) is 6.41. The summed E-state index contributed by atoms with van der Waals surface area (Å²) < 4.78 is 0. The van der Waals surface area contributed by atoms with Gasteiger partial charge in [-0.05, 0) is 24.7 Å². The van der Waals surface area contributed by atoms with Crippen LogP contribution in [0.5, 0.6) is 0 Å². The van der Waals surface area contributed by atoms with Crippen molar-refractivity contribution in [1.82, 2.24) is 0 Å². The minimum atomic E-state index is 0.479. The van der Waals surface area contributed by atoms with Gasteiger partial charge in [-0.3, -0.25) is 0 Å². The first kappa shape index (κ1) is 14.0. The minimum Gasteiger partial charge on any atom is -0.327 e. The zero-order valence-electron chi connectivity index (χ0n) is 11.4. The molecule has 16 heavy (non-hydrogen) atoms. The average Bonchev–Trinajstić information content (AvgIpc) is 3.01. The molecular formula is C15H31N. The summed E-state index contributed by atoms with van der Waals surface area (Å²) in [6, 6.07) is 0.479. The van der Waals surface area contributed by atoms with Gasteiger partial charge < -0.3 is 5.73 Å². The quantitative estimate of drug-likeness (QED) is 0.538. The van der Waals surface area contributed by atoms with Crippen molar-refractivity contribution in [1.29, 1.82) is 0 Å². The van der Waals surface area contributed by atoms with Crippen molar-refractivity contribution in [3.8, 4) is 0 Å². The van der Waals surface area contributed by atoms with Crippen LogP contribution in [0.4, 0.5) is 0 Å². The summed E-state index contributed by atoms with van der Waals surface area (Å²) in [4.78, 5) is 0. The highest BCUT2D eigenvalue weighted by Crippen LogP contribution is 2.48. The first-order valence-corrected chi connectivity index (χ1v) is 7.44. The molecule has 1 nitrogen and oxygen atoms in total. The molecule has 0 aromatic rings. The predicted octanol–water partition coefficient (Wildman–Crippen LogP) is 4.64. The topological polar surface area (TPSA) is 26.0 Å². The zero-order chi connectivity index (χ0) is 11.9. The maximum Gasteiger partial charge on any atom is 0.00929 e. The van der Waals surface area contributed by atoms with Crippen molar-refractivity contribution in [2.45, 2.75) is 90.5 Å². The number of hydrogen-bond acceptors (Lipinski definition) is 1. The molecule has 0 aromatic carbocycles. The van der Waals surface area contributed by atoms with E-state index in [4.69, 9.17) is 5.73 Å². The van der Waals surface area contributed by atoms with Crippen molar-refractivity contribution in [2.24, 2.45) is 11.1 Å². The van der Waals surface area contributed by atoms with Crippen LogP contribution in [0.2, 0.25) is 0 Å². The van der Waals surface area contributed by atoms with Gasteiger partial charge in [-0.25, -0.2) is 0 Å². The zero-order valence-corrected chi connectivity index (χ0v) is 11.4. The molecule has 0 radical (unpaired) electrons. The highest BCUT2D eigenvalue weighted by molar-refractivity contribution is 4.96.